The Morgan fingerprint density at radius 1 is 1.35 bits per heavy atom. The van der Waals surface area contributed by atoms with Gasteiger partial charge in [0.1, 0.15) is 10.8 Å². The zero-order chi connectivity index (χ0) is 19.3. The quantitative estimate of drug-likeness (QED) is 0.540. The summed E-state index contributed by atoms with van der Waals surface area (Å²) in [5.41, 5.74) is 0.752. The molecule has 0 aliphatic heterocycles. The molecule has 2 N–H and O–H groups in total. The summed E-state index contributed by atoms with van der Waals surface area (Å²) in [6, 6.07) is 3.45. The van der Waals surface area contributed by atoms with Gasteiger partial charge < -0.3 is 14.5 Å². The lowest BCUT2D eigenvalue weighted by Gasteiger charge is -2.11. The first-order valence-electron chi connectivity index (χ1n) is 8.23. The summed E-state index contributed by atoms with van der Waals surface area (Å²) in [7, 11) is 0. The van der Waals surface area contributed by atoms with Crippen LogP contribution in [0.2, 0.25) is 0 Å². The van der Waals surface area contributed by atoms with Crippen LogP contribution in [-0.2, 0) is 9.53 Å². The largest absolute Gasteiger partial charge is 0.468 e. The van der Waals surface area contributed by atoms with Crippen LogP contribution in [0.5, 0.6) is 0 Å². The third kappa shape index (κ3) is 4.59. The lowest BCUT2D eigenvalue weighted by Crippen LogP contribution is -2.30. The summed E-state index contributed by atoms with van der Waals surface area (Å²) in [5.74, 6) is -0.328. The highest BCUT2D eigenvalue weighted by molar-refractivity contribution is 7.18. The lowest BCUT2D eigenvalue weighted by molar-refractivity contribution is -0.115. The monoisotopic (exact) mass is 378 g/mol. The highest BCUT2D eigenvalue weighted by atomic mass is 32.1. The van der Waals surface area contributed by atoms with Crippen molar-refractivity contribution in [1.82, 2.24) is 5.32 Å². The first kappa shape index (κ1) is 19.9. The molecule has 0 unspecified atom stereocenters. The van der Waals surface area contributed by atoms with E-state index in [2.05, 4.69) is 10.6 Å². The van der Waals surface area contributed by atoms with Gasteiger partial charge in [0.25, 0.3) is 0 Å². The number of amides is 1. The summed E-state index contributed by atoms with van der Waals surface area (Å²) in [6.07, 6.45) is 1.57. The molecule has 0 saturated heterocycles. The first-order chi connectivity index (χ1) is 12.3. The van der Waals surface area contributed by atoms with Crippen molar-refractivity contribution in [3.63, 3.8) is 0 Å². The van der Waals surface area contributed by atoms with Crippen LogP contribution < -0.4 is 10.6 Å². The van der Waals surface area contributed by atoms with Gasteiger partial charge in [-0.15, -0.1) is 11.3 Å². The Balaban J connectivity index is 2.11. The molecule has 0 bridgehead atoms. The van der Waals surface area contributed by atoms with Crippen LogP contribution in [0.1, 0.15) is 58.2 Å². The highest BCUT2D eigenvalue weighted by Gasteiger charge is 2.25. The van der Waals surface area contributed by atoms with Gasteiger partial charge in [-0.25, -0.2) is 4.79 Å². The van der Waals surface area contributed by atoms with Gasteiger partial charge in [-0.05, 0) is 45.4 Å². The molecule has 0 aliphatic rings. The fraction of sp³-hybridized carbons (Fsp3) is 0.389. The van der Waals surface area contributed by atoms with Crippen LogP contribution in [0.3, 0.4) is 0 Å². The number of ether oxygens (including phenoxy) is 1. The summed E-state index contributed by atoms with van der Waals surface area (Å²) < 4.78 is 10.3. The summed E-state index contributed by atoms with van der Waals surface area (Å²) >= 11 is 1.08. The minimum absolute atomic E-state index is 0.0243. The first-order valence-corrected chi connectivity index (χ1v) is 9.04. The Kier molecular flexibility index (Phi) is 6.70. The molecule has 2 rings (SSSR count). The Labute approximate surface area is 155 Å². The number of nitrogens with one attached hydrogen (secondary N) is 2. The van der Waals surface area contributed by atoms with Gasteiger partial charge in [0.15, 0.2) is 5.78 Å². The van der Waals surface area contributed by atoms with Crippen LogP contribution in [0.4, 0.5) is 5.00 Å². The molecule has 0 aromatic carbocycles. The van der Waals surface area contributed by atoms with Gasteiger partial charge in [0, 0.05) is 0 Å². The summed E-state index contributed by atoms with van der Waals surface area (Å²) in [5, 5.41) is 6.06. The second kappa shape index (κ2) is 8.77. The van der Waals surface area contributed by atoms with E-state index in [0.717, 1.165) is 17.1 Å². The van der Waals surface area contributed by atoms with Crippen molar-refractivity contribution in [3.8, 4) is 0 Å². The van der Waals surface area contributed by atoms with Crippen molar-refractivity contribution in [2.24, 2.45) is 0 Å². The van der Waals surface area contributed by atoms with Crippen molar-refractivity contribution in [2.45, 2.75) is 33.7 Å². The van der Waals surface area contributed by atoms with E-state index >= 15 is 0 Å². The topological polar surface area (TPSA) is 97.6 Å². The molecule has 7 nitrogen and oxygen atoms in total. The fourth-order valence-corrected chi connectivity index (χ4v) is 3.55. The van der Waals surface area contributed by atoms with Gasteiger partial charge in [-0.1, -0.05) is 0 Å². The number of thiophene rings is 1. The molecule has 1 amide bonds. The van der Waals surface area contributed by atoms with Crippen molar-refractivity contribution >= 4 is 34.0 Å². The molecular formula is C18H22N2O5S. The minimum atomic E-state index is -0.555. The predicted octanol–water partition coefficient (Wildman–Crippen LogP) is 3.32. The number of Topliss-reactive ketones (excluding diaryl/α,β-unsaturated/α-hetero) is 1. The van der Waals surface area contributed by atoms with Crippen LogP contribution in [0, 0.1) is 6.92 Å². The number of rotatable bonds is 8. The molecule has 0 fully saturated rings. The molecule has 2 aromatic rings. The van der Waals surface area contributed by atoms with Crippen LogP contribution in [-0.4, -0.2) is 30.8 Å². The third-order valence-corrected chi connectivity index (χ3v) is 5.05. The second-order valence-electron chi connectivity index (χ2n) is 5.70. The molecule has 26 heavy (non-hydrogen) atoms. The molecule has 140 valence electrons. The van der Waals surface area contributed by atoms with E-state index in [0.29, 0.717) is 15.4 Å². The van der Waals surface area contributed by atoms with E-state index in [-0.39, 0.29) is 36.4 Å². The summed E-state index contributed by atoms with van der Waals surface area (Å²) in [6.45, 7) is 6.90. The maximum absolute atomic E-state index is 12.3. The standard InChI is InChI=1S/C18H22N2O5S/c1-5-24-18(23)15-10(2)16(12(4)21)26-17(15)20-14(22)9-19-11(3)13-7-6-8-25-13/h6-8,11,19H,5,9H2,1-4H3,(H,20,22)/t11-/m1/s1. The van der Waals surface area contributed by atoms with Crippen molar-refractivity contribution in [3.05, 3.63) is 40.2 Å². The number of hydrogen-bond donors (Lipinski definition) is 2. The Morgan fingerprint density at radius 3 is 2.65 bits per heavy atom. The number of esters is 1. The van der Waals surface area contributed by atoms with E-state index in [1.807, 2.05) is 13.0 Å². The molecule has 0 saturated carbocycles. The van der Waals surface area contributed by atoms with Crippen LogP contribution in [0.25, 0.3) is 0 Å². The predicted molar refractivity (Wildman–Crippen MR) is 98.8 cm³/mol. The van der Waals surface area contributed by atoms with E-state index in [1.54, 1.807) is 26.2 Å². The SMILES string of the molecule is CCOC(=O)c1c(NC(=O)CN[C@H](C)c2ccco2)sc(C(C)=O)c1C. The fourth-order valence-electron chi connectivity index (χ4n) is 2.44. The van der Waals surface area contributed by atoms with Gasteiger partial charge in [-0.2, -0.15) is 0 Å². The number of hydrogen-bond acceptors (Lipinski definition) is 7. The normalized spacial score (nSPS) is 11.8. The molecule has 0 aliphatic carbocycles. The molecule has 1 atom stereocenters. The highest BCUT2D eigenvalue weighted by Crippen LogP contribution is 2.34. The van der Waals surface area contributed by atoms with E-state index < -0.39 is 5.97 Å². The molecule has 0 radical (unpaired) electrons. The van der Waals surface area contributed by atoms with Gasteiger partial charge in [0.05, 0.1) is 35.9 Å². The number of carbonyl (C=O) groups excluding carboxylic acids is 3. The molecular weight excluding hydrogens is 356 g/mol. The molecule has 2 heterocycles. The summed E-state index contributed by atoms with van der Waals surface area (Å²) in [4.78, 5) is 36.7. The van der Waals surface area contributed by atoms with Gasteiger partial charge in [-0.3, -0.25) is 14.9 Å². The Bertz CT molecular complexity index is 795. The van der Waals surface area contributed by atoms with Crippen molar-refractivity contribution < 1.29 is 23.5 Å². The Morgan fingerprint density at radius 2 is 2.08 bits per heavy atom. The van der Waals surface area contributed by atoms with E-state index in [9.17, 15) is 14.4 Å². The molecule has 2 aromatic heterocycles. The number of carbonyl (C=O) groups is 3. The van der Waals surface area contributed by atoms with E-state index in [1.165, 1.54) is 6.92 Å². The smallest absolute Gasteiger partial charge is 0.341 e. The zero-order valence-corrected chi connectivity index (χ0v) is 16.0. The average Bonchev–Trinajstić information content (AvgIpc) is 3.21. The van der Waals surface area contributed by atoms with Gasteiger partial charge in [0.2, 0.25) is 5.91 Å². The second-order valence-corrected chi connectivity index (χ2v) is 6.72. The van der Waals surface area contributed by atoms with Crippen LogP contribution in [0.15, 0.2) is 22.8 Å². The molecule has 0 spiro atoms. The lowest BCUT2D eigenvalue weighted by atomic mass is 10.1. The average molecular weight is 378 g/mol. The number of furan rings is 1. The maximum Gasteiger partial charge on any atom is 0.341 e. The van der Waals surface area contributed by atoms with Gasteiger partial charge >= 0.3 is 5.97 Å². The zero-order valence-electron chi connectivity index (χ0n) is 15.2. The number of anilines is 1. The van der Waals surface area contributed by atoms with Crippen LogP contribution >= 0.6 is 11.3 Å². The Hall–Kier alpha value is -2.45. The minimum Gasteiger partial charge on any atom is -0.468 e. The van der Waals surface area contributed by atoms with E-state index in [4.69, 9.17) is 9.15 Å². The van der Waals surface area contributed by atoms with Crippen molar-refractivity contribution in [2.75, 3.05) is 18.5 Å². The third-order valence-electron chi connectivity index (χ3n) is 3.74. The van der Waals surface area contributed by atoms with Crippen molar-refractivity contribution in [1.29, 1.82) is 0 Å². The maximum atomic E-state index is 12.3. The number of ketones is 1. The molecule has 8 heteroatoms.